The van der Waals surface area contributed by atoms with Gasteiger partial charge in [0.05, 0.1) is 7.11 Å². The molecule has 0 aliphatic carbocycles. The van der Waals surface area contributed by atoms with Crippen molar-refractivity contribution in [2.45, 2.75) is 12.1 Å². The summed E-state index contributed by atoms with van der Waals surface area (Å²) in [5, 5.41) is 0. The second-order valence-electron chi connectivity index (χ2n) is 3.46. The number of aromatic amines is 1. The molecular formula is C9H9F3N4OS2. The maximum absolute atomic E-state index is 12.1. The number of ether oxygens (including phenoxy) is 1. The fraction of sp³-hybridized carbons (Fsp3) is 0.444. The fourth-order valence-electron chi connectivity index (χ4n) is 1.56. The molecule has 0 amide bonds. The van der Waals surface area contributed by atoms with Gasteiger partial charge in [-0.3, -0.25) is 0 Å². The largest absolute Gasteiger partial charge is 0.479 e. The molecule has 0 aliphatic rings. The van der Waals surface area contributed by atoms with E-state index in [1.165, 1.54) is 18.0 Å². The van der Waals surface area contributed by atoms with Gasteiger partial charge in [0, 0.05) is 12.3 Å². The van der Waals surface area contributed by atoms with Crippen LogP contribution in [0, 0.1) is 4.77 Å². The first kappa shape index (κ1) is 14.1. The summed E-state index contributed by atoms with van der Waals surface area (Å²) in [4.78, 5) is 10.7. The van der Waals surface area contributed by atoms with Crippen molar-refractivity contribution in [3.63, 3.8) is 0 Å². The third kappa shape index (κ3) is 3.18. The van der Waals surface area contributed by atoms with Crippen molar-refractivity contribution in [3.05, 3.63) is 11.1 Å². The second-order valence-corrected chi connectivity index (χ2v) is 5.00. The number of aromatic nitrogens is 4. The molecule has 0 unspecified atom stereocenters. The van der Waals surface area contributed by atoms with Crippen LogP contribution in [0.2, 0.25) is 0 Å². The van der Waals surface area contributed by atoms with Gasteiger partial charge in [-0.15, -0.1) is 0 Å². The predicted molar refractivity (Wildman–Crippen MR) is 67.8 cm³/mol. The fourth-order valence-corrected chi connectivity index (χ4v) is 2.35. The SMILES string of the molecule is COc1ncnc2c1[nH]c(=S)n2CCSC(F)(F)F. The Bertz CT molecular complexity index is 636. The van der Waals surface area contributed by atoms with Gasteiger partial charge in [0.1, 0.15) is 11.8 Å². The van der Waals surface area contributed by atoms with Crippen molar-refractivity contribution < 1.29 is 17.9 Å². The van der Waals surface area contributed by atoms with E-state index in [0.717, 1.165) is 0 Å². The Morgan fingerprint density at radius 1 is 1.47 bits per heavy atom. The summed E-state index contributed by atoms with van der Waals surface area (Å²) >= 11 is 4.96. The Kier molecular flexibility index (Phi) is 3.99. The number of rotatable bonds is 4. The van der Waals surface area contributed by atoms with Crippen LogP contribution >= 0.6 is 24.0 Å². The minimum Gasteiger partial charge on any atom is -0.479 e. The van der Waals surface area contributed by atoms with E-state index < -0.39 is 5.51 Å². The minimum absolute atomic E-state index is 0.0967. The third-order valence-corrected chi connectivity index (χ3v) is 3.34. The van der Waals surface area contributed by atoms with Crippen molar-refractivity contribution in [3.8, 4) is 5.88 Å². The van der Waals surface area contributed by atoms with E-state index in [0.29, 0.717) is 17.0 Å². The van der Waals surface area contributed by atoms with Gasteiger partial charge in [-0.25, -0.2) is 4.98 Å². The summed E-state index contributed by atoms with van der Waals surface area (Å²) in [5.74, 6) is 0.162. The normalized spacial score (nSPS) is 12.0. The Hall–Kier alpha value is -1.29. The van der Waals surface area contributed by atoms with Crippen LogP contribution in [-0.2, 0) is 6.54 Å². The summed E-state index contributed by atoms with van der Waals surface area (Å²) in [6.45, 7) is 0.100. The van der Waals surface area contributed by atoms with Crippen molar-refractivity contribution >= 4 is 35.1 Å². The first-order chi connectivity index (χ1) is 8.92. The van der Waals surface area contributed by atoms with Crippen LogP contribution in [0.3, 0.4) is 0 Å². The summed E-state index contributed by atoms with van der Waals surface area (Å²) in [5.41, 5.74) is -3.34. The van der Waals surface area contributed by atoms with Crippen LogP contribution in [0.25, 0.3) is 11.2 Å². The average molecular weight is 310 g/mol. The number of nitrogens with one attached hydrogen (secondary N) is 1. The first-order valence-electron chi connectivity index (χ1n) is 5.10. The maximum Gasteiger partial charge on any atom is 0.441 e. The van der Waals surface area contributed by atoms with E-state index in [2.05, 4.69) is 15.0 Å². The summed E-state index contributed by atoms with van der Waals surface area (Å²) in [6.07, 6.45) is 1.27. The molecule has 2 aromatic heterocycles. The molecule has 2 aromatic rings. The molecule has 2 rings (SSSR count). The summed E-state index contributed by atoms with van der Waals surface area (Å²) < 4.78 is 43.1. The molecule has 0 radical (unpaired) electrons. The zero-order valence-corrected chi connectivity index (χ0v) is 11.3. The lowest BCUT2D eigenvalue weighted by Crippen LogP contribution is -2.07. The summed E-state index contributed by atoms with van der Waals surface area (Å²) in [6, 6.07) is 0. The van der Waals surface area contributed by atoms with Crippen molar-refractivity contribution in [1.29, 1.82) is 0 Å². The maximum atomic E-state index is 12.1. The molecular weight excluding hydrogens is 301 g/mol. The molecule has 104 valence electrons. The highest BCUT2D eigenvalue weighted by Gasteiger charge is 2.27. The number of thioether (sulfide) groups is 1. The Labute approximate surface area is 115 Å². The van der Waals surface area contributed by atoms with Crippen LogP contribution in [-0.4, -0.2) is 37.9 Å². The van der Waals surface area contributed by atoms with E-state index in [1.807, 2.05) is 0 Å². The first-order valence-corrected chi connectivity index (χ1v) is 6.50. The topological polar surface area (TPSA) is 55.7 Å². The zero-order chi connectivity index (χ0) is 14.0. The molecule has 2 heterocycles. The molecule has 0 aliphatic heterocycles. The highest BCUT2D eigenvalue weighted by Crippen LogP contribution is 2.30. The van der Waals surface area contributed by atoms with Crippen LogP contribution < -0.4 is 4.74 Å². The summed E-state index contributed by atoms with van der Waals surface area (Å²) in [7, 11) is 1.44. The molecule has 0 saturated carbocycles. The predicted octanol–water partition coefficient (Wildman–Crippen LogP) is 2.75. The number of alkyl halides is 3. The van der Waals surface area contributed by atoms with Crippen molar-refractivity contribution in [2.24, 2.45) is 0 Å². The number of H-pyrrole nitrogens is 1. The molecule has 1 N–H and O–H groups in total. The van der Waals surface area contributed by atoms with E-state index in [-0.39, 0.29) is 28.8 Å². The van der Waals surface area contributed by atoms with Gasteiger partial charge in [-0.05, 0) is 24.0 Å². The van der Waals surface area contributed by atoms with Crippen molar-refractivity contribution in [1.82, 2.24) is 19.5 Å². The lowest BCUT2D eigenvalue weighted by molar-refractivity contribution is -0.0328. The quantitative estimate of drug-likeness (QED) is 0.880. The molecule has 10 heteroatoms. The van der Waals surface area contributed by atoms with Gasteiger partial charge in [0.15, 0.2) is 10.4 Å². The van der Waals surface area contributed by atoms with Crippen LogP contribution in [0.5, 0.6) is 5.88 Å². The molecule has 0 fully saturated rings. The number of methoxy groups -OCH3 is 1. The van der Waals surface area contributed by atoms with Crippen molar-refractivity contribution in [2.75, 3.05) is 12.9 Å². The van der Waals surface area contributed by atoms with Gasteiger partial charge in [0.25, 0.3) is 0 Å². The Balaban J connectivity index is 2.29. The Morgan fingerprint density at radius 2 is 2.21 bits per heavy atom. The molecule has 0 spiro atoms. The zero-order valence-electron chi connectivity index (χ0n) is 9.69. The number of nitrogens with zero attached hydrogens (tertiary/aromatic N) is 3. The lowest BCUT2D eigenvalue weighted by Gasteiger charge is -2.06. The highest BCUT2D eigenvalue weighted by molar-refractivity contribution is 8.00. The number of hydrogen-bond donors (Lipinski definition) is 1. The third-order valence-electron chi connectivity index (χ3n) is 2.30. The standard InChI is InChI=1S/C9H9F3N4OS2/c1-17-7-5-6(13-4-14-7)16(8(18)15-5)2-3-19-9(10,11)12/h4H,2-3H2,1H3,(H,15,18). The number of fused-ring (bicyclic) bond motifs is 1. The average Bonchev–Trinajstić information content (AvgIpc) is 2.64. The van der Waals surface area contributed by atoms with Crippen LogP contribution in [0.1, 0.15) is 0 Å². The van der Waals surface area contributed by atoms with Gasteiger partial charge in [-0.2, -0.15) is 18.2 Å². The van der Waals surface area contributed by atoms with Gasteiger partial charge >= 0.3 is 5.51 Å². The highest BCUT2D eigenvalue weighted by atomic mass is 32.2. The van der Waals surface area contributed by atoms with Crippen LogP contribution in [0.4, 0.5) is 13.2 Å². The monoisotopic (exact) mass is 310 g/mol. The van der Waals surface area contributed by atoms with Gasteiger partial charge in [0.2, 0.25) is 5.88 Å². The Morgan fingerprint density at radius 3 is 2.84 bits per heavy atom. The number of halogens is 3. The van der Waals surface area contributed by atoms with E-state index in [9.17, 15) is 13.2 Å². The lowest BCUT2D eigenvalue weighted by atomic mass is 10.5. The molecule has 0 atom stereocenters. The van der Waals surface area contributed by atoms with Gasteiger partial charge in [-0.1, -0.05) is 0 Å². The minimum atomic E-state index is -4.25. The molecule has 5 nitrogen and oxygen atoms in total. The van der Waals surface area contributed by atoms with Gasteiger partial charge < -0.3 is 14.3 Å². The second kappa shape index (κ2) is 5.37. The van der Waals surface area contributed by atoms with Crippen LogP contribution in [0.15, 0.2) is 6.33 Å². The number of hydrogen-bond acceptors (Lipinski definition) is 5. The molecule has 19 heavy (non-hydrogen) atoms. The van der Waals surface area contributed by atoms with E-state index >= 15 is 0 Å². The smallest absolute Gasteiger partial charge is 0.441 e. The molecule has 0 saturated heterocycles. The molecule has 0 bridgehead atoms. The van der Waals surface area contributed by atoms with E-state index in [1.54, 1.807) is 0 Å². The number of imidazole rings is 1. The molecule has 0 aromatic carbocycles. The van der Waals surface area contributed by atoms with E-state index in [4.69, 9.17) is 17.0 Å². The number of aryl methyl sites for hydroxylation is 1.